The predicted octanol–water partition coefficient (Wildman–Crippen LogP) is 4.35. The minimum absolute atomic E-state index is 0.208. The Morgan fingerprint density at radius 3 is 2.70 bits per heavy atom. The van der Waals surface area contributed by atoms with Crippen molar-refractivity contribution in [2.45, 2.75) is 19.6 Å². The number of halogens is 1. The fourth-order valence-electron chi connectivity index (χ4n) is 1.95. The van der Waals surface area contributed by atoms with E-state index >= 15 is 0 Å². The van der Waals surface area contributed by atoms with Crippen LogP contribution < -0.4 is 5.73 Å². The van der Waals surface area contributed by atoms with E-state index < -0.39 is 0 Å². The van der Waals surface area contributed by atoms with Gasteiger partial charge in [-0.3, -0.25) is 0 Å². The van der Waals surface area contributed by atoms with E-state index in [-0.39, 0.29) is 5.75 Å². The first-order chi connectivity index (χ1) is 11.0. The van der Waals surface area contributed by atoms with Crippen LogP contribution in [0.3, 0.4) is 0 Å². The third kappa shape index (κ3) is 4.84. The summed E-state index contributed by atoms with van der Waals surface area (Å²) in [5.74, 6) is 0.951. The molecule has 0 aliphatic rings. The van der Waals surface area contributed by atoms with Crippen LogP contribution in [0.15, 0.2) is 51.1 Å². The molecule has 2 aromatic rings. The van der Waals surface area contributed by atoms with Crippen molar-refractivity contribution in [1.29, 1.82) is 0 Å². The lowest BCUT2D eigenvalue weighted by Gasteiger charge is -2.08. The largest absolute Gasteiger partial charge is 0.507 e. The Labute approximate surface area is 148 Å². The van der Waals surface area contributed by atoms with Crippen LogP contribution in [-0.2, 0) is 5.75 Å². The van der Waals surface area contributed by atoms with Gasteiger partial charge in [-0.1, -0.05) is 58.0 Å². The topological polar surface area (TPSA) is 71.0 Å². The summed E-state index contributed by atoms with van der Waals surface area (Å²) in [6, 6.07) is 11.9. The van der Waals surface area contributed by atoms with Crippen LogP contribution in [0.1, 0.15) is 22.3 Å². The maximum absolute atomic E-state index is 10.1. The average Bonchev–Trinajstić information content (AvgIpc) is 2.55. The SMILES string of the molecule is Cc1cc(Br)c(C)c(C=NN=C(N)SCc2ccccc2)c1O. The average molecular weight is 392 g/mol. The number of phenols is 1. The minimum atomic E-state index is 0.208. The second kappa shape index (κ2) is 8.17. The Kier molecular flexibility index (Phi) is 6.24. The molecule has 120 valence electrons. The summed E-state index contributed by atoms with van der Waals surface area (Å²) in [6.07, 6.45) is 1.53. The molecular formula is C17H18BrN3OS. The minimum Gasteiger partial charge on any atom is -0.507 e. The van der Waals surface area contributed by atoms with Gasteiger partial charge in [-0.25, -0.2) is 0 Å². The van der Waals surface area contributed by atoms with Crippen molar-refractivity contribution in [3.63, 3.8) is 0 Å². The zero-order chi connectivity index (χ0) is 16.8. The van der Waals surface area contributed by atoms with Gasteiger partial charge in [0.1, 0.15) is 5.75 Å². The summed E-state index contributed by atoms with van der Waals surface area (Å²) in [5, 5.41) is 18.5. The van der Waals surface area contributed by atoms with E-state index in [1.165, 1.54) is 23.5 Å². The lowest BCUT2D eigenvalue weighted by Crippen LogP contribution is -2.06. The Balaban J connectivity index is 2.06. The van der Waals surface area contributed by atoms with Crippen LogP contribution in [0.4, 0.5) is 0 Å². The van der Waals surface area contributed by atoms with Crippen LogP contribution in [0.2, 0.25) is 0 Å². The molecule has 0 atom stereocenters. The molecule has 23 heavy (non-hydrogen) atoms. The van der Waals surface area contributed by atoms with Crippen LogP contribution in [0.5, 0.6) is 5.75 Å². The number of phenolic OH excluding ortho intramolecular Hbond substituents is 1. The number of benzene rings is 2. The van der Waals surface area contributed by atoms with Crippen molar-refractivity contribution >= 4 is 39.1 Å². The monoisotopic (exact) mass is 391 g/mol. The molecule has 0 unspecified atom stereocenters. The number of nitrogens with two attached hydrogens (primary N) is 1. The zero-order valence-electron chi connectivity index (χ0n) is 13.0. The second-order valence-corrected chi connectivity index (χ2v) is 6.87. The number of aromatic hydroxyl groups is 1. The molecule has 3 N–H and O–H groups in total. The first-order valence-electron chi connectivity index (χ1n) is 7.01. The number of rotatable bonds is 4. The molecule has 4 nitrogen and oxygen atoms in total. The van der Waals surface area contributed by atoms with Crippen LogP contribution in [0, 0.1) is 13.8 Å². The van der Waals surface area contributed by atoms with Gasteiger partial charge >= 0.3 is 0 Å². The highest BCUT2D eigenvalue weighted by Gasteiger charge is 2.09. The quantitative estimate of drug-likeness (QED) is 0.462. The first kappa shape index (κ1) is 17.6. The molecule has 0 bridgehead atoms. The molecule has 6 heteroatoms. The van der Waals surface area contributed by atoms with Gasteiger partial charge in [-0.15, -0.1) is 5.10 Å². The third-order valence-corrected chi connectivity index (χ3v) is 4.99. The fourth-order valence-corrected chi connectivity index (χ4v) is 3.12. The predicted molar refractivity (Wildman–Crippen MR) is 102 cm³/mol. The highest BCUT2D eigenvalue weighted by atomic mass is 79.9. The summed E-state index contributed by atoms with van der Waals surface area (Å²) in [7, 11) is 0. The molecule has 2 rings (SSSR count). The van der Waals surface area contributed by atoms with Crippen molar-refractivity contribution in [2.75, 3.05) is 0 Å². The molecule has 0 saturated heterocycles. The fraction of sp³-hybridized carbons (Fsp3) is 0.176. The standard InChI is InChI=1S/C17H18BrN3OS/c1-11-8-15(18)12(2)14(16(11)22)9-20-21-17(19)23-10-13-6-4-3-5-7-13/h3-9,22H,10H2,1-2H3,(H2,19,21). The van der Waals surface area contributed by atoms with E-state index in [2.05, 4.69) is 26.1 Å². The molecule has 0 amide bonds. The Morgan fingerprint density at radius 2 is 2.00 bits per heavy atom. The molecule has 0 aromatic heterocycles. The van der Waals surface area contributed by atoms with Crippen LogP contribution in [-0.4, -0.2) is 16.5 Å². The number of aryl methyl sites for hydroxylation is 1. The number of nitrogens with zero attached hydrogens (tertiary/aromatic N) is 2. The van der Waals surface area contributed by atoms with Gasteiger partial charge in [0, 0.05) is 15.8 Å². The Hall–Kier alpha value is -1.79. The van der Waals surface area contributed by atoms with Crippen molar-refractivity contribution < 1.29 is 5.11 Å². The summed E-state index contributed by atoms with van der Waals surface area (Å²) >= 11 is 4.89. The lowest BCUT2D eigenvalue weighted by molar-refractivity contribution is 0.469. The highest BCUT2D eigenvalue weighted by Crippen LogP contribution is 2.30. The van der Waals surface area contributed by atoms with E-state index in [1.807, 2.05) is 50.2 Å². The number of hydrogen-bond donors (Lipinski definition) is 2. The van der Waals surface area contributed by atoms with Crippen molar-refractivity contribution in [2.24, 2.45) is 15.9 Å². The summed E-state index contributed by atoms with van der Waals surface area (Å²) < 4.78 is 0.921. The summed E-state index contributed by atoms with van der Waals surface area (Å²) in [5.41, 5.74) is 9.35. The van der Waals surface area contributed by atoms with Gasteiger partial charge in [-0.05, 0) is 36.6 Å². The molecule has 2 aromatic carbocycles. The van der Waals surface area contributed by atoms with Gasteiger partial charge in [0.05, 0.1) is 6.21 Å². The Morgan fingerprint density at radius 1 is 1.30 bits per heavy atom. The van der Waals surface area contributed by atoms with E-state index in [9.17, 15) is 5.11 Å². The second-order valence-electron chi connectivity index (χ2n) is 5.02. The summed E-state index contributed by atoms with van der Waals surface area (Å²) in [6.45, 7) is 3.74. The maximum Gasteiger partial charge on any atom is 0.180 e. The zero-order valence-corrected chi connectivity index (χ0v) is 15.4. The molecule has 0 radical (unpaired) electrons. The number of amidine groups is 1. The molecular weight excluding hydrogens is 374 g/mol. The number of hydrogen-bond acceptors (Lipinski definition) is 4. The number of thioether (sulfide) groups is 1. The van der Waals surface area contributed by atoms with Crippen molar-refractivity contribution in [3.8, 4) is 5.75 Å². The van der Waals surface area contributed by atoms with E-state index in [0.29, 0.717) is 10.7 Å². The molecule has 0 heterocycles. The lowest BCUT2D eigenvalue weighted by atomic mass is 10.0. The van der Waals surface area contributed by atoms with Gasteiger partial charge in [0.25, 0.3) is 0 Å². The van der Waals surface area contributed by atoms with Gasteiger partial charge in [-0.2, -0.15) is 5.10 Å². The first-order valence-corrected chi connectivity index (χ1v) is 8.78. The van der Waals surface area contributed by atoms with E-state index in [1.54, 1.807) is 0 Å². The van der Waals surface area contributed by atoms with Crippen molar-refractivity contribution in [3.05, 3.63) is 63.1 Å². The van der Waals surface area contributed by atoms with Gasteiger partial charge in [0.2, 0.25) is 0 Å². The molecule has 0 spiro atoms. The molecule has 0 aliphatic heterocycles. The molecule has 0 fully saturated rings. The summed E-state index contributed by atoms with van der Waals surface area (Å²) in [4.78, 5) is 0. The third-order valence-electron chi connectivity index (χ3n) is 3.31. The van der Waals surface area contributed by atoms with Gasteiger partial charge in [0.15, 0.2) is 5.17 Å². The van der Waals surface area contributed by atoms with Crippen LogP contribution in [0.25, 0.3) is 0 Å². The van der Waals surface area contributed by atoms with E-state index in [4.69, 9.17) is 5.73 Å². The molecule has 0 saturated carbocycles. The highest BCUT2D eigenvalue weighted by molar-refractivity contribution is 9.10. The van der Waals surface area contributed by atoms with Crippen molar-refractivity contribution in [1.82, 2.24) is 0 Å². The van der Waals surface area contributed by atoms with Crippen LogP contribution >= 0.6 is 27.7 Å². The normalized spacial score (nSPS) is 12.0. The smallest absolute Gasteiger partial charge is 0.180 e. The molecule has 0 aliphatic carbocycles. The maximum atomic E-state index is 10.1. The Bertz CT molecular complexity index is 719. The van der Waals surface area contributed by atoms with Gasteiger partial charge < -0.3 is 10.8 Å². The van der Waals surface area contributed by atoms with E-state index in [0.717, 1.165) is 21.4 Å².